The molecular weight excluding hydrogens is 326 g/mol. The Morgan fingerprint density at radius 3 is 2.70 bits per heavy atom. The number of benzene rings is 2. The van der Waals surface area contributed by atoms with Crippen molar-refractivity contribution in [2.75, 3.05) is 31.1 Å². The normalized spacial score (nSPS) is 15.3. The van der Waals surface area contributed by atoms with Crippen LogP contribution in [0.4, 0.5) is 5.69 Å². The number of nitrogens with one attached hydrogen (secondary N) is 2. The van der Waals surface area contributed by atoms with Gasteiger partial charge in [-0.3, -0.25) is 0 Å². The first-order chi connectivity index (χ1) is 11.3. The van der Waals surface area contributed by atoms with Gasteiger partial charge in [0.2, 0.25) is 0 Å². The molecule has 1 fully saturated rings. The van der Waals surface area contributed by atoms with Crippen LogP contribution in [0.1, 0.15) is 0 Å². The minimum atomic E-state index is 0.773. The van der Waals surface area contributed by atoms with Gasteiger partial charge in [0.05, 0.1) is 5.69 Å². The Morgan fingerprint density at radius 2 is 1.83 bits per heavy atom. The molecule has 0 spiro atoms. The summed E-state index contributed by atoms with van der Waals surface area (Å²) in [5.41, 5.74) is 2.44. The second kappa shape index (κ2) is 6.48. The van der Waals surface area contributed by atoms with Crippen LogP contribution in [0.2, 0.25) is 5.02 Å². The molecule has 4 rings (SSSR count). The van der Waals surface area contributed by atoms with E-state index in [4.69, 9.17) is 11.6 Å². The molecule has 0 unspecified atom stereocenters. The summed E-state index contributed by atoms with van der Waals surface area (Å²) in [6.45, 7) is 4.19. The Balaban J connectivity index is 1.69. The Morgan fingerprint density at radius 1 is 1.00 bits per heavy atom. The number of aromatic nitrogens is 1. The fraction of sp³-hybridized carbons (Fsp3) is 0.222. The second-order valence-corrected chi connectivity index (χ2v) is 7.17. The number of halogens is 1. The van der Waals surface area contributed by atoms with Crippen LogP contribution in [-0.4, -0.2) is 31.2 Å². The van der Waals surface area contributed by atoms with E-state index in [1.807, 2.05) is 18.2 Å². The van der Waals surface area contributed by atoms with E-state index < -0.39 is 0 Å². The van der Waals surface area contributed by atoms with Gasteiger partial charge < -0.3 is 15.2 Å². The summed E-state index contributed by atoms with van der Waals surface area (Å²) in [5.74, 6) is 0. The number of rotatable bonds is 3. The van der Waals surface area contributed by atoms with Gasteiger partial charge in [0, 0.05) is 58.1 Å². The van der Waals surface area contributed by atoms with Gasteiger partial charge in [-0.15, -0.1) is 0 Å². The molecule has 2 aromatic carbocycles. The molecule has 0 atom stereocenters. The molecule has 2 heterocycles. The SMILES string of the molecule is Clc1ccc2[nH]cc(Sc3ccccc3N3CCNCC3)c2c1. The van der Waals surface area contributed by atoms with Crippen molar-refractivity contribution in [2.24, 2.45) is 0 Å². The van der Waals surface area contributed by atoms with Crippen molar-refractivity contribution in [1.29, 1.82) is 0 Å². The molecule has 3 aromatic rings. The smallest absolute Gasteiger partial charge is 0.0508 e. The molecule has 0 radical (unpaired) electrons. The topological polar surface area (TPSA) is 31.1 Å². The zero-order chi connectivity index (χ0) is 15.6. The molecule has 23 heavy (non-hydrogen) atoms. The average Bonchev–Trinajstić information content (AvgIpc) is 2.98. The van der Waals surface area contributed by atoms with Crippen LogP contribution in [0.15, 0.2) is 58.5 Å². The lowest BCUT2D eigenvalue weighted by Crippen LogP contribution is -2.43. The van der Waals surface area contributed by atoms with Crippen molar-refractivity contribution in [2.45, 2.75) is 9.79 Å². The Hall–Kier alpha value is -1.62. The lowest BCUT2D eigenvalue weighted by atomic mass is 10.2. The third-order valence-corrected chi connectivity index (χ3v) is 5.51. The van der Waals surface area contributed by atoms with Crippen molar-refractivity contribution in [3.63, 3.8) is 0 Å². The third kappa shape index (κ3) is 3.07. The van der Waals surface area contributed by atoms with Crippen LogP contribution in [0.25, 0.3) is 10.9 Å². The zero-order valence-corrected chi connectivity index (χ0v) is 14.3. The molecule has 0 bridgehead atoms. The van der Waals surface area contributed by atoms with E-state index in [9.17, 15) is 0 Å². The van der Waals surface area contributed by atoms with Crippen LogP contribution in [-0.2, 0) is 0 Å². The van der Waals surface area contributed by atoms with E-state index in [-0.39, 0.29) is 0 Å². The van der Waals surface area contributed by atoms with E-state index in [2.05, 4.69) is 45.7 Å². The zero-order valence-electron chi connectivity index (χ0n) is 12.7. The number of hydrogen-bond acceptors (Lipinski definition) is 3. The third-order valence-electron chi connectivity index (χ3n) is 4.15. The molecule has 1 aromatic heterocycles. The Kier molecular flexibility index (Phi) is 4.21. The van der Waals surface area contributed by atoms with Gasteiger partial charge >= 0.3 is 0 Å². The summed E-state index contributed by atoms with van der Waals surface area (Å²) in [5, 5.41) is 5.36. The highest BCUT2D eigenvalue weighted by atomic mass is 35.5. The van der Waals surface area contributed by atoms with Crippen LogP contribution >= 0.6 is 23.4 Å². The summed E-state index contributed by atoms with van der Waals surface area (Å²) >= 11 is 7.97. The molecule has 2 N–H and O–H groups in total. The van der Waals surface area contributed by atoms with E-state index in [0.717, 1.165) is 36.7 Å². The lowest BCUT2D eigenvalue weighted by molar-refractivity contribution is 0.587. The average molecular weight is 344 g/mol. The molecular formula is C18H18ClN3S. The standard InChI is InChI=1S/C18H18ClN3S/c19-13-5-6-15-14(11-13)18(12-21-15)23-17-4-2-1-3-16(17)22-9-7-20-8-10-22/h1-6,11-12,20-21H,7-10H2. The highest BCUT2D eigenvalue weighted by molar-refractivity contribution is 7.99. The predicted octanol–water partition coefficient (Wildman–Crippen LogP) is 4.38. The maximum atomic E-state index is 6.17. The number of hydrogen-bond donors (Lipinski definition) is 2. The van der Waals surface area contributed by atoms with E-state index >= 15 is 0 Å². The van der Waals surface area contributed by atoms with Gasteiger partial charge in [-0.2, -0.15) is 0 Å². The summed E-state index contributed by atoms with van der Waals surface area (Å²) in [4.78, 5) is 8.29. The first-order valence-electron chi connectivity index (χ1n) is 7.80. The molecule has 1 saturated heterocycles. The second-order valence-electron chi connectivity index (χ2n) is 5.65. The maximum Gasteiger partial charge on any atom is 0.0508 e. The van der Waals surface area contributed by atoms with Gasteiger partial charge in [-0.05, 0) is 30.3 Å². The predicted molar refractivity (Wildman–Crippen MR) is 99.0 cm³/mol. The van der Waals surface area contributed by atoms with Gasteiger partial charge in [0.25, 0.3) is 0 Å². The quantitative estimate of drug-likeness (QED) is 0.739. The summed E-state index contributed by atoms with van der Waals surface area (Å²) < 4.78 is 0. The number of nitrogens with zero attached hydrogens (tertiary/aromatic N) is 1. The van der Waals surface area contributed by atoms with Crippen molar-refractivity contribution in [1.82, 2.24) is 10.3 Å². The van der Waals surface area contributed by atoms with Gasteiger partial charge in [0.15, 0.2) is 0 Å². The number of H-pyrrole nitrogens is 1. The first kappa shape index (κ1) is 14.9. The fourth-order valence-electron chi connectivity index (χ4n) is 2.98. The number of anilines is 1. The number of fused-ring (bicyclic) bond motifs is 1. The van der Waals surface area contributed by atoms with E-state index in [1.165, 1.54) is 20.9 Å². The highest BCUT2D eigenvalue weighted by Crippen LogP contribution is 2.39. The molecule has 3 nitrogen and oxygen atoms in total. The van der Waals surface area contributed by atoms with Crippen LogP contribution in [0.5, 0.6) is 0 Å². The largest absolute Gasteiger partial charge is 0.368 e. The van der Waals surface area contributed by atoms with Gasteiger partial charge in [-0.25, -0.2) is 0 Å². The molecule has 118 valence electrons. The Labute approximate surface area is 145 Å². The monoisotopic (exact) mass is 343 g/mol. The van der Waals surface area contributed by atoms with Crippen LogP contribution < -0.4 is 10.2 Å². The minimum Gasteiger partial charge on any atom is -0.368 e. The lowest BCUT2D eigenvalue weighted by Gasteiger charge is -2.30. The van der Waals surface area contributed by atoms with E-state index in [1.54, 1.807) is 11.8 Å². The Bertz CT molecular complexity index is 824. The van der Waals surface area contributed by atoms with Gasteiger partial charge in [-0.1, -0.05) is 35.5 Å². The summed E-state index contributed by atoms with van der Waals surface area (Å²) in [6, 6.07) is 14.6. The van der Waals surface area contributed by atoms with E-state index in [0.29, 0.717) is 0 Å². The molecule has 1 aliphatic rings. The molecule has 0 amide bonds. The first-order valence-corrected chi connectivity index (χ1v) is 9.00. The maximum absolute atomic E-state index is 6.17. The van der Waals surface area contributed by atoms with Gasteiger partial charge in [0.1, 0.15) is 0 Å². The van der Waals surface area contributed by atoms with Crippen molar-refractivity contribution < 1.29 is 0 Å². The summed E-state index contributed by atoms with van der Waals surface area (Å²) in [7, 11) is 0. The fourth-order valence-corrected chi connectivity index (χ4v) is 4.23. The molecule has 1 aliphatic heterocycles. The number of aromatic amines is 1. The summed E-state index contributed by atoms with van der Waals surface area (Å²) in [6.07, 6.45) is 2.07. The number of piperazine rings is 1. The van der Waals surface area contributed by atoms with Crippen LogP contribution in [0, 0.1) is 0 Å². The molecule has 0 aliphatic carbocycles. The van der Waals surface area contributed by atoms with Crippen molar-refractivity contribution in [3.8, 4) is 0 Å². The number of para-hydroxylation sites is 1. The minimum absolute atomic E-state index is 0.773. The molecule has 0 saturated carbocycles. The van der Waals surface area contributed by atoms with Crippen molar-refractivity contribution >= 4 is 40.0 Å². The van der Waals surface area contributed by atoms with Crippen LogP contribution in [0.3, 0.4) is 0 Å². The molecule has 5 heteroatoms. The highest BCUT2D eigenvalue weighted by Gasteiger charge is 2.15. The van der Waals surface area contributed by atoms with Crippen molar-refractivity contribution in [3.05, 3.63) is 53.7 Å².